The van der Waals surface area contributed by atoms with Gasteiger partial charge in [-0.05, 0) is 178 Å². The average molecular weight is 1160 g/mol. The summed E-state index contributed by atoms with van der Waals surface area (Å²) in [6, 6.07) is 75.9. The van der Waals surface area contributed by atoms with E-state index < -0.39 is 24.2 Å². The number of anilines is 3. The molecule has 2 nitrogen and oxygen atoms in total. The predicted molar refractivity (Wildman–Crippen MR) is 379 cm³/mol. The fourth-order valence-corrected chi connectivity index (χ4v) is 14.5. The number of benzene rings is 12. The second-order valence-electron chi connectivity index (χ2n) is 26.8. The monoisotopic (exact) mass is 1160 g/mol. The molecule has 0 radical (unpaired) electrons. The van der Waals surface area contributed by atoms with Gasteiger partial charge in [-0.15, -0.1) is 0 Å². The lowest BCUT2D eigenvalue weighted by Gasteiger charge is -2.42. The van der Waals surface area contributed by atoms with Crippen LogP contribution in [0.15, 0.2) is 277 Å². The Morgan fingerprint density at radius 1 is 0.352 bits per heavy atom. The van der Waals surface area contributed by atoms with Gasteiger partial charge in [0.05, 0.1) is 27.7 Å². The Balaban J connectivity index is 1.08. The zero-order valence-corrected chi connectivity index (χ0v) is 52.0. The predicted octanol–water partition coefficient (Wildman–Crippen LogP) is 21.4. The van der Waals surface area contributed by atoms with Crippen molar-refractivity contribution in [2.24, 2.45) is 0 Å². The number of nitrogens with zero attached hydrogens (tertiary/aromatic N) is 2. The van der Waals surface area contributed by atoms with Gasteiger partial charge in [-0.3, -0.25) is 0 Å². The number of aromatic nitrogens is 1. The lowest BCUT2D eigenvalue weighted by Crippen LogP contribution is -2.60. The minimum Gasteiger partial charge on any atom is -0.311 e. The molecule has 0 N–H and O–H groups in total. The molecule has 0 fully saturated rings. The van der Waals surface area contributed by atoms with Gasteiger partial charge in [-0.25, -0.2) is 0 Å². The third-order valence-corrected chi connectivity index (χ3v) is 19.2. The minimum atomic E-state index is -0.485. The summed E-state index contributed by atoms with van der Waals surface area (Å²) >= 11 is 1.83. The molecule has 1 aromatic heterocycles. The summed E-state index contributed by atoms with van der Waals surface area (Å²) in [5, 5.41) is 0.0592. The van der Waals surface area contributed by atoms with Gasteiger partial charge in [-0.2, -0.15) is 0 Å². The molecular formula is C84H71BN2S. The molecule has 15 rings (SSSR count). The van der Waals surface area contributed by atoms with Crippen LogP contribution in [0.4, 0.5) is 17.1 Å². The van der Waals surface area contributed by atoms with Crippen LogP contribution < -0.4 is 21.3 Å². The maximum absolute atomic E-state index is 9.68. The lowest BCUT2D eigenvalue weighted by atomic mass is 9.34. The SMILES string of the molecule is [2H]c1c([2H])c([2H])c2c(c1[2H])c1c([2H])c([2H])c([2H])c([2H])c1n2-c1ccc2c(c1)N(c1ccc(C(C)(C)C)cc1-c1ccc(-c3ccccc3)cc1)c1cc(C(C)(C)C)cc3c1B2c1cc(-c2cc(-c4ccccc4)cc(-c4ccccc4)c2)cc(-c2ccc(C(C)(C)C)cc2)c1S3. The highest BCUT2D eigenvalue weighted by Gasteiger charge is 2.44. The molecule has 0 saturated carbocycles. The van der Waals surface area contributed by atoms with E-state index in [0.29, 0.717) is 5.69 Å². The summed E-state index contributed by atoms with van der Waals surface area (Å²) < 4.78 is 76.1. The summed E-state index contributed by atoms with van der Waals surface area (Å²) in [5.41, 5.74) is 22.5. The van der Waals surface area contributed by atoms with Crippen molar-refractivity contribution >= 4 is 73.7 Å². The van der Waals surface area contributed by atoms with Gasteiger partial charge in [-0.1, -0.05) is 274 Å². The van der Waals surface area contributed by atoms with Crippen LogP contribution in [0.3, 0.4) is 0 Å². The van der Waals surface area contributed by atoms with Crippen LogP contribution in [0, 0.1) is 0 Å². The molecule has 0 spiro atoms. The minimum absolute atomic E-state index is 0.0296. The van der Waals surface area contributed by atoms with Crippen LogP contribution in [-0.2, 0) is 16.2 Å². The Labute approximate surface area is 535 Å². The first kappa shape index (κ1) is 46.8. The number of hydrogen-bond acceptors (Lipinski definition) is 2. The van der Waals surface area contributed by atoms with E-state index in [1.165, 1.54) is 5.56 Å². The van der Waals surface area contributed by atoms with Crippen molar-refractivity contribution in [2.45, 2.75) is 88.3 Å². The van der Waals surface area contributed by atoms with Crippen LogP contribution >= 0.6 is 11.8 Å². The van der Waals surface area contributed by atoms with Crippen molar-refractivity contribution in [2.75, 3.05) is 4.90 Å². The Kier molecular flexibility index (Phi) is 11.3. The Bertz CT molecular complexity index is 5200. The van der Waals surface area contributed by atoms with Gasteiger partial charge in [0.15, 0.2) is 0 Å². The first-order chi connectivity index (χ1) is 45.8. The van der Waals surface area contributed by atoms with Gasteiger partial charge in [0.1, 0.15) is 0 Å². The third kappa shape index (κ3) is 9.70. The average Bonchev–Trinajstić information content (AvgIpc) is 0.956. The molecule has 3 heterocycles. The molecule has 12 aromatic carbocycles. The fraction of sp³-hybridized carbons (Fsp3) is 0.143. The van der Waals surface area contributed by atoms with E-state index in [2.05, 4.69) is 273 Å². The van der Waals surface area contributed by atoms with Gasteiger partial charge < -0.3 is 9.47 Å². The van der Waals surface area contributed by atoms with Gasteiger partial charge >= 0.3 is 0 Å². The summed E-state index contributed by atoms with van der Waals surface area (Å²) in [4.78, 5) is 4.69. The third-order valence-electron chi connectivity index (χ3n) is 18.0. The largest absolute Gasteiger partial charge is 0.311 e. The van der Waals surface area contributed by atoms with Crippen molar-refractivity contribution in [3.05, 3.63) is 283 Å². The van der Waals surface area contributed by atoms with Gasteiger partial charge in [0, 0.05) is 43.2 Å². The molecule has 0 unspecified atom stereocenters. The number of para-hydroxylation sites is 2. The van der Waals surface area contributed by atoms with Crippen LogP contribution in [0.2, 0.25) is 0 Å². The molecule has 0 amide bonds. The Morgan fingerprint density at radius 2 is 0.830 bits per heavy atom. The Hall–Kier alpha value is -9.35. The molecule has 0 aliphatic carbocycles. The van der Waals surface area contributed by atoms with E-state index in [-0.39, 0.29) is 68.9 Å². The molecule has 0 bridgehead atoms. The molecule has 4 heteroatoms. The quantitative estimate of drug-likeness (QED) is 0.140. The fourth-order valence-electron chi connectivity index (χ4n) is 13.2. The van der Waals surface area contributed by atoms with E-state index in [1.54, 1.807) is 4.57 Å². The summed E-state index contributed by atoms with van der Waals surface area (Å²) in [7, 11) is 0. The second kappa shape index (κ2) is 21.2. The molecule has 0 saturated heterocycles. The molecule has 426 valence electrons. The zero-order valence-electron chi connectivity index (χ0n) is 59.2. The highest BCUT2D eigenvalue weighted by molar-refractivity contribution is 8.00. The first-order valence-electron chi connectivity index (χ1n) is 34.5. The van der Waals surface area contributed by atoms with Crippen molar-refractivity contribution in [1.82, 2.24) is 4.57 Å². The van der Waals surface area contributed by atoms with Crippen molar-refractivity contribution in [3.8, 4) is 72.4 Å². The smallest absolute Gasteiger partial charge is 0.249 e. The highest BCUT2D eigenvalue weighted by Crippen LogP contribution is 2.51. The molecule has 0 atom stereocenters. The van der Waals surface area contributed by atoms with E-state index in [1.807, 2.05) is 23.9 Å². The molecule has 2 aliphatic rings. The molecule has 2 aliphatic heterocycles. The van der Waals surface area contributed by atoms with Crippen LogP contribution in [0.1, 0.15) is 90.0 Å². The van der Waals surface area contributed by atoms with Crippen LogP contribution in [0.25, 0.3) is 94.3 Å². The normalized spacial score (nSPS) is 14.2. The van der Waals surface area contributed by atoms with Crippen molar-refractivity contribution < 1.29 is 11.0 Å². The summed E-state index contributed by atoms with van der Waals surface area (Å²) in [6.07, 6.45) is 0. The zero-order chi connectivity index (χ0) is 67.2. The van der Waals surface area contributed by atoms with E-state index in [0.717, 1.165) is 121 Å². The lowest BCUT2D eigenvalue weighted by molar-refractivity contribution is 0.589. The van der Waals surface area contributed by atoms with Crippen LogP contribution in [0.5, 0.6) is 0 Å². The van der Waals surface area contributed by atoms with E-state index >= 15 is 0 Å². The molecular weight excluding hydrogens is 1080 g/mol. The van der Waals surface area contributed by atoms with Gasteiger partial charge in [0.25, 0.3) is 0 Å². The highest BCUT2D eigenvalue weighted by atomic mass is 32.2. The van der Waals surface area contributed by atoms with Gasteiger partial charge in [0.2, 0.25) is 6.71 Å². The van der Waals surface area contributed by atoms with Crippen molar-refractivity contribution in [3.63, 3.8) is 0 Å². The maximum Gasteiger partial charge on any atom is 0.249 e. The first-order valence-corrected chi connectivity index (χ1v) is 31.3. The maximum atomic E-state index is 9.68. The topological polar surface area (TPSA) is 8.17 Å². The second-order valence-corrected chi connectivity index (χ2v) is 27.8. The number of fused-ring (bicyclic) bond motifs is 7. The Morgan fingerprint density at radius 3 is 1.40 bits per heavy atom. The van der Waals surface area contributed by atoms with E-state index in [4.69, 9.17) is 5.48 Å². The number of rotatable bonds is 8. The molecule has 88 heavy (non-hydrogen) atoms. The van der Waals surface area contributed by atoms with Crippen molar-refractivity contribution in [1.29, 1.82) is 0 Å². The number of hydrogen-bond donors (Lipinski definition) is 0. The summed E-state index contributed by atoms with van der Waals surface area (Å²) in [5.74, 6) is 0. The summed E-state index contributed by atoms with van der Waals surface area (Å²) in [6.45, 7) is 19.9. The standard InChI is InChI=1S/C84H71BN2S/c1-82(2,3)64-39-37-59(38-40-64)71-48-63(62-46-60(55-25-15-11-16-26-55)45-61(47-62)56-27-17-12-18-28-56)49-73-81(71)88-79-52-66(84(7,8)9)51-78-80(79)85(73)72-43-42-67(86-74-31-21-19-29-68(74)69-30-20-22-32-75(69)86)53-77(72)87(78)76-44-41-65(83(4,5)6)50-70(76)58-35-33-57(34-36-58)54-23-13-10-14-24-54/h10-53H,1-9H3/i19D,20D,21D,22D,29D,30D,31D,32D. The van der Waals surface area contributed by atoms with Crippen LogP contribution in [-0.4, -0.2) is 11.3 Å². The van der Waals surface area contributed by atoms with E-state index in [9.17, 15) is 5.48 Å². The molecule has 13 aromatic rings.